The van der Waals surface area contributed by atoms with Crippen molar-refractivity contribution in [2.45, 2.75) is 4.90 Å². The maximum absolute atomic E-state index is 9.53. The fraction of sp³-hybridized carbons (Fsp3) is 0. The fourth-order valence-corrected chi connectivity index (χ4v) is 3.75. The summed E-state index contributed by atoms with van der Waals surface area (Å²) in [6.07, 6.45) is 1.74. The lowest BCUT2D eigenvalue weighted by Crippen LogP contribution is -1.90. The Hall–Kier alpha value is -3.67. The van der Waals surface area contributed by atoms with Crippen LogP contribution in [0.3, 0.4) is 0 Å². The van der Waals surface area contributed by atoms with Crippen molar-refractivity contribution in [2.24, 2.45) is 0 Å². The first-order valence-electron chi connectivity index (χ1n) is 8.33. The minimum atomic E-state index is 0.615. The average Bonchev–Trinajstić information content (AvgIpc) is 3.17. The molecule has 3 aromatic carbocycles. The van der Waals surface area contributed by atoms with E-state index in [9.17, 15) is 5.26 Å². The standard InChI is InChI=1S/C22H14N4S/c23-12-15-5-4-8-18(11-15)27-26-20-10-9-19(16-6-2-1-3-7-16)21-17(13-24)14-25-22(20)21/h1-11,14,25-26H. The topological polar surface area (TPSA) is 75.4 Å². The van der Waals surface area contributed by atoms with Crippen LogP contribution in [0.1, 0.15) is 11.1 Å². The van der Waals surface area contributed by atoms with Gasteiger partial charge < -0.3 is 9.71 Å². The number of fused-ring (bicyclic) bond motifs is 1. The number of hydrogen-bond donors (Lipinski definition) is 2. The second-order valence-electron chi connectivity index (χ2n) is 5.93. The van der Waals surface area contributed by atoms with Gasteiger partial charge in [0.1, 0.15) is 6.07 Å². The van der Waals surface area contributed by atoms with Crippen LogP contribution in [0.2, 0.25) is 0 Å². The van der Waals surface area contributed by atoms with Gasteiger partial charge in [-0.3, -0.25) is 0 Å². The molecule has 0 saturated carbocycles. The molecule has 4 nitrogen and oxygen atoms in total. The van der Waals surface area contributed by atoms with Crippen LogP contribution >= 0.6 is 11.9 Å². The van der Waals surface area contributed by atoms with E-state index in [1.165, 1.54) is 11.9 Å². The quantitative estimate of drug-likeness (QED) is 0.454. The Balaban J connectivity index is 1.74. The van der Waals surface area contributed by atoms with Gasteiger partial charge in [0.05, 0.1) is 28.4 Å². The molecule has 128 valence electrons. The van der Waals surface area contributed by atoms with Crippen molar-refractivity contribution in [3.63, 3.8) is 0 Å². The highest BCUT2D eigenvalue weighted by Crippen LogP contribution is 2.36. The monoisotopic (exact) mass is 366 g/mol. The molecule has 5 heteroatoms. The summed E-state index contributed by atoms with van der Waals surface area (Å²) in [5.74, 6) is 0. The number of H-pyrrole nitrogens is 1. The first-order chi connectivity index (χ1) is 13.3. The smallest absolute Gasteiger partial charge is 0.101 e. The van der Waals surface area contributed by atoms with Crippen LogP contribution in [0.5, 0.6) is 0 Å². The molecule has 4 aromatic rings. The summed E-state index contributed by atoms with van der Waals surface area (Å²) >= 11 is 1.43. The van der Waals surface area contributed by atoms with Gasteiger partial charge in [0.15, 0.2) is 0 Å². The van der Waals surface area contributed by atoms with Crippen LogP contribution in [0.25, 0.3) is 22.0 Å². The summed E-state index contributed by atoms with van der Waals surface area (Å²) in [7, 11) is 0. The number of nitrogens with one attached hydrogen (secondary N) is 2. The Labute approximate surface area is 161 Å². The molecule has 0 saturated heterocycles. The third-order valence-corrected chi connectivity index (χ3v) is 5.09. The van der Waals surface area contributed by atoms with Gasteiger partial charge in [-0.15, -0.1) is 0 Å². The molecule has 1 aromatic heterocycles. The van der Waals surface area contributed by atoms with E-state index in [4.69, 9.17) is 5.26 Å². The normalized spacial score (nSPS) is 10.3. The summed E-state index contributed by atoms with van der Waals surface area (Å²) in [4.78, 5) is 4.17. The van der Waals surface area contributed by atoms with E-state index in [2.05, 4.69) is 21.8 Å². The molecule has 0 radical (unpaired) electrons. The molecule has 27 heavy (non-hydrogen) atoms. The molecule has 2 N–H and O–H groups in total. The van der Waals surface area contributed by atoms with Gasteiger partial charge in [-0.25, -0.2) is 0 Å². The Bertz CT molecular complexity index is 1200. The Morgan fingerprint density at radius 3 is 2.52 bits per heavy atom. The van der Waals surface area contributed by atoms with E-state index in [-0.39, 0.29) is 0 Å². The molecular formula is C22H14N4S. The molecule has 0 aliphatic heterocycles. The molecular weight excluding hydrogens is 352 g/mol. The predicted molar refractivity (Wildman–Crippen MR) is 109 cm³/mol. The highest BCUT2D eigenvalue weighted by Gasteiger charge is 2.14. The number of hydrogen-bond acceptors (Lipinski definition) is 4. The number of rotatable bonds is 4. The second-order valence-corrected chi connectivity index (χ2v) is 6.81. The van der Waals surface area contributed by atoms with Gasteiger partial charge in [-0.05, 0) is 47.3 Å². The van der Waals surface area contributed by atoms with Crippen molar-refractivity contribution in [1.82, 2.24) is 4.98 Å². The summed E-state index contributed by atoms with van der Waals surface area (Å²) in [6.45, 7) is 0. The van der Waals surface area contributed by atoms with Crippen molar-refractivity contribution in [2.75, 3.05) is 4.72 Å². The molecule has 1 heterocycles. The minimum Gasteiger partial charge on any atom is -0.358 e. The van der Waals surface area contributed by atoms with Crippen molar-refractivity contribution < 1.29 is 0 Å². The molecule has 0 unspecified atom stereocenters. The first-order valence-corrected chi connectivity index (χ1v) is 9.14. The number of aromatic nitrogens is 1. The van der Waals surface area contributed by atoms with Crippen molar-refractivity contribution in [1.29, 1.82) is 10.5 Å². The largest absolute Gasteiger partial charge is 0.358 e. The Morgan fingerprint density at radius 1 is 0.889 bits per heavy atom. The highest BCUT2D eigenvalue weighted by molar-refractivity contribution is 8.00. The van der Waals surface area contributed by atoms with Gasteiger partial charge >= 0.3 is 0 Å². The molecule has 4 rings (SSSR count). The average molecular weight is 366 g/mol. The second kappa shape index (κ2) is 7.29. The van der Waals surface area contributed by atoms with E-state index in [0.717, 1.165) is 32.6 Å². The summed E-state index contributed by atoms with van der Waals surface area (Å²) < 4.78 is 3.34. The third-order valence-electron chi connectivity index (χ3n) is 4.28. The lowest BCUT2D eigenvalue weighted by atomic mass is 9.99. The van der Waals surface area contributed by atoms with Crippen LogP contribution in [0, 0.1) is 22.7 Å². The van der Waals surface area contributed by atoms with Crippen molar-refractivity contribution >= 4 is 28.5 Å². The van der Waals surface area contributed by atoms with Crippen LogP contribution in [0.4, 0.5) is 5.69 Å². The molecule has 0 aliphatic rings. The summed E-state index contributed by atoms with van der Waals surface area (Å²) in [6, 6.07) is 25.9. The SMILES string of the molecule is N#Cc1cccc(SNc2ccc(-c3ccccc3)c3c(C#N)c[nH]c23)c1. The number of benzene rings is 3. The lowest BCUT2D eigenvalue weighted by Gasteiger charge is -2.10. The molecule has 0 fully saturated rings. The van der Waals surface area contributed by atoms with Gasteiger partial charge in [0.25, 0.3) is 0 Å². The zero-order chi connectivity index (χ0) is 18.6. The Morgan fingerprint density at radius 2 is 1.74 bits per heavy atom. The third kappa shape index (κ3) is 3.25. The Kier molecular flexibility index (Phi) is 4.53. The maximum Gasteiger partial charge on any atom is 0.101 e. The zero-order valence-electron chi connectivity index (χ0n) is 14.2. The molecule has 0 amide bonds. The van der Waals surface area contributed by atoms with Crippen LogP contribution in [-0.4, -0.2) is 4.98 Å². The predicted octanol–water partition coefficient (Wildman–Crippen LogP) is 5.70. The van der Waals surface area contributed by atoms with Crippen LogP contribution < -0.4 is 4.72 Å². The van der Waals surface area contributed by atoms with E-state index >= 15 is 0 Å². The maximum atomic E-state index is 9.53. The van der Waals surface area contributed by atoms with Crippen molar-refractivity contribution in [3.05, 3.63) is 84.1 Å². The molecule has 0 bridgehead atoms. The van der Waals surface area contributed by atoms with Gasteiger partial charge in [-0.2, -0.15) is 10.5 Å². The van der Waals surface area contributed by atoms with Crippen molar-refractivity contribution in [3.8, 4) is 23.3 Å². The first kappa shape index (κ1) is 16.8. The lowest BCUT2D eigenvalue weighted by molar-refractivity contribution is 1.40. The van der Waals surface area contributed by atoms with E-state index in [1.807, 2.05) is 60.7 Å². The van der Waals surface area contributed by atoms with Crippen LogP contribution in [-0.2, 0) is 0 Å². The number of anilines is 1. The number of nitrogens with zero attached hydrogens (tertiary/aromatic N) is 2. The number of nitriles is 2. The van der Waals surface area contributed by atoms with E-state index in [0.29, 0.717) is 11.1 Å². The fourth-order valence-electron chi connectivity index (χ4n) is 3.02. The molecule has 0 aliphatic carbocycles. The van der Waals surface area contributed by atoms with Gasteiger partial charge in [0, 0.05) is 16.5 Å². The van der Waals surface area contributed by atoms with Gasteiger partial charge in [0.2, 0.25) is 0 Å². The van der Waals surface area contributed by atoms with E-state index < -0.39 is 0 Å². The minimum absolute atomic E-state index is 0.615. The molecule has 0 spiro atoms. The summed E-state index contributed by atoms with van der Waals surface area (Å²) in [5.41, 5.74) is 5.10. The number of aromatic amines is 1. The van der Waals surface area contributed by atoms with Gasteiger partial charge in [-0.1, -0.05) is 42.5 Å². The zero-order valence-corrected chi connectivity index (χ0v) is 15.0. The van der Waals surface area contributed by atoms with E-state index in [1.54, 1.807) is 12.3 Å². The highest BCUT2D eigenvalue weighted by atomic mass is 32.2. The van der Waals surface area contributed by atoms with Crippen LogP contribution in [0.15, 0.2) is 77.8 Å². The summed E-state index contributed by atoms with van der Waals surface area (Å²) in [5, 5.41) is 19.5. The molecule has 0 atom stereocenters.